The fourth-order valence-corrected chi connectivity index (χ4v) is 3.97. The molecule has 1 fully saturated rings. The van der Waals surface area contributed by atoms with Gasteiger partial charge in [-0.1, -0.05) is 61.2 Å². The van der Waals surface area contributed by atoms with Gasteiger partial charge in [-0.2, -0.15) is 0 Å². The number of thiocarbonyl (C=S) groups is 1. The number of nitrogens with zero attached hydrogens (tertiary/aromatic N) is 1. The number of amides is 1. The Morgan fingerprint density at radius 2 is 1.84 bits per heavy atom. The number of rotatable bonds is 5. The molecule has 0 spiro atoms. The lowest BCUT2D eigenvalue weighted by atomic mass is 10.1. The highest BCUT2D eigenvalue weighted by atomic mass is 32.2. The van der Waals surface area contributed by atoms with Crippen LogP contribution in [0.5, 0.6) is 5.75 Å². The second kappa shape index (κ2) is 7.85. The van der Waals surface area contributed by atoms with Crippen molar-refractivity contribution in [3.63, 3.8) is 0 Å². The van der Waals surface area contributed by atoms with E-state index in [1.165, 1.54) is 11.8 Å². The fraction of sp³-hybridized carbons (Fsp3) is 0.200. The SMILES string of the molecule is CCOc1ccc(/C=C2\SC(=S)N(c3ccccc3CC)C2=O)cc1. The lowest BCUT2D eigenvalue weighted by Crippen LogP contribution is -2.28. The van der Waals surface area contributed by atoms with E-state index in [4.69, 9.17) is 17.0 Å². The lowest BCUT2D eigenvalue weighted by molar-refractivity contribution is -0.113. The second-order valence-corrected chi connectivity index (χ2v) is 7.18. The summed E-state index contributed by atoms with van der Waals surface area (Å²) in [6.45, 7) is 4.66. The monoisotopic (exact) mass is 369 g/mol. The number of hydrogen-bond donors (Lipinski definition) is 0. The maximum absolute atomic E-state index is 12.9. The minimum Gasteiger partial charge on any atom is -0.494 e. The van der Waals surface area contributed by atoms with Crippen molar-refractivity contribution >= 4 is 46.0 Å². The van der Waals surface area contributed by atoms with E-state index in [2.05, 4.69) is 6.92 Å². The van der Waals surface area contributed by atoms with E-state index >= 15 is 0 Å². The van der Waals surface area contributed by atoms with Crippen LogP contribution in [0.2, 0.25) is 0 Å². The van der Waals surface area contributed by atoms with Gasteiger partial charge in [-0.3, -0.25) is 9.69 Å². The zero-order valence-electron chi connectivity index (χ0n) is 14.2. The van der Waals surface area contributed by atoms with Gasteiger partial charge in [-0.05, 0) is 48.7 Å². The van der Waals surface area contributed by atoms with Crippen molar-refractivity contribution < 1.29 is 9.53 Å². The molecule has 3 nitrogen and oxygen atoms in total. The molecule has 1 aliphatic heterocycles. The van der Waals surface area contributed by atoms with Crippen molar-refractivity contribution in [2.24, 2.45) is 0 Å². The molecule has 0 radical (unpaired) electrons. The number of carbonyl (C=O) groups excluding carboxylic acids is 1. The largest absolute Gasteiger partial charge is 0.494 e. The van der Waals surface area contributed by atoms with Crippen molar-refractivity contribution in [3.8, 4) is 5.75 Å². The van der Waals surface area contributed by atoms with Gasteiger partial charge in [0.1, 0.15) is 5.75 Å². The number of para-hydroxylation sites is 1. The summed E-state index contributed by atoms with van der Waals surface area (Å²) in [6, 6.07) is 15.6. The molecule has 128 valence electrons. The maximum atomic E-state index is 12.9. The van der Waals surface area contributed by atoms with E-state index in [0.29, 0.717) is 15.8 Å². The highest BCUT2D eigenvalue weighted by Gasteiger charge is 2.34. The molecule has 25 heavy (non-hydrogen) atoms. The van der Waals surface area contributed by atoms with Crippen molar-refractivity contribution in [1.82, 2.24) is 0 Å². The molecule has 2 aromatic carbocycles. The molecule has 1 aliphatic rings. The Hall–Kier alpha value is -2.11. The molecular formula is C20H19NO2S2. The molecule has 0 aromatic heterocycles. The van der Waals surface area contributed by atoms with E-state index in [1.54, 1.807) is 4.90 Å². The highest BCUT2D eigenvalue weighted by Crippen LogP contribution is 2.37. The zero-order valence-corrected chi connectivity index (χ0v) is 15.8. The second-order valence-electron chi connectivity index (χ2n) is 5.50. The Balaban J connectivity index is 1.88. The molecule has 0 bridgehead atoms. The first-order chi connectivity index (χ1) is 12.1. The summed E-state index contributed by atoms with van der Waals surface area (Å²) in [5.74, 6) is 0.758. The van der Waals surface area contributed by atoms with Gasteiger partial charge in [0.25, 0.3) is 5.91 Å². The van der Waals surface area contributed by atoms with Crippen LogP contribution in [0.25, 0.3) is 6.08 Å². The van der Waals surface area contributed by atoms with Gasteiger partial charge < -0.3 is 4.74 Å². The van der Waals surface area contributed by atoms with Crippen LogP contribution < -0.4 is 9.64 Å². The third-order valence-electron chi connectivity index (χ3n) is 3.90. The molecule has 0 atom stereocenters. The van der Waals surface area contributed by atoms with Gasteiger partial charge in [-0.25, -0.2) is 0 Å². The number of anilines is 1. The van der Waals surface area contributed by atoms with Gasteiger partial charge in [0.2, 0.25) is 0 Å². The molecule has 2 aromatic rings. The Bertz CT molecular complexity index is 828. The molecule has 3 rings (SSSR count). The minimum atomic E-state index is -0.0650. The molecule has 0 N–H and O–H groups in total. The first-order valence-corrected chi connectivity index (χ1v) is 9.45. The van der Waals surface area contributed by atoms with E-state index in [9.17, 15) is 4.79 Å². The summed E-state index contributed by atoms with van der Waals surface area (Å²) >= 11 is 6.81. The molecule has 1 heterocycles. The van der Waals surface area contributed by atoms with Crippen LogP contribution in [0.4, 0.5) is 5.69 Å². The summed E-state index contributed by atoms with van der Waals surface area (Å²) in [5.41, 5.74) is 2.94. The maximum Gasteiger partial charge on any atom is 0.270 e. The van der Waals surface area contributed by atoms with Gasteiger partial charge in [0.05, 0.1) is 17.2 Å². The first-order valence-electron chi connectivity index (χ1n) is 8.22. The Morgan fingerprint density at radius 3 is 2.52 bits per heavy atom. The van der Waals surface area contributed by atoms with Gasteiger partial charge in [0.15, 0.2) is 4.32 Å². The summed E-state index contributed by atoms with van der Waals surface area (Å²) in [4.78, 5) is 15.2. The molecule has 1 saturated heterocycles. The number of benzene rings is 2. The average molecular weight is 370 g/mol. The van der Waals surface area contributed by atoms with Crippen molar-refractivity contribution in [3.05, 3.63) is 64.6 Å². The van der Waals surface area contributed by atoms with Gasteiger partial charge in [-0.15, -0.1) is 0 Å². The molecule has 5 heteroatoms. The van der Waals surface area contributed by atoms with Crippen LogP contribution >= 0.6 is 24.0 Å². The van der Waals surface area contributed by atoms with Crippen LogP contribution in [-0.2, 0) is 11.2 Å². The third-order valence-corrected chi connectivity index (χ3v) is 5.20. The van der Waals surface area contributed by atoms with Crippen LogP contribution in [-0.4, -0.2) is 16.8 Å². The molecule has 0 unspecified atom stereocenters. The predicted molar refractivity (Wildman–Crippen MR) is 109 cm³/mol. The number of ether oxygens (including phenoxy) is 1. The van der Waals surface area contributed by atoms with E-state index in [0.717, 1.165) is 29.0 Å². The van der Waals surface area contributed by atoms with E-state index < -0.39 is 0 Å². The predicted octanol–water partition coefficient (Wildman–Crippen LogP) is 5.05. The van der Waals surface area contributed by atoms with Crippen molar-refractivity contribution in [2.45, 2.75) is 20.3 Å². The fourth-order valence-electron chi connectivity index (χ4n) is 2.68. The number of aryl methyl sites for hydroxylation is 1. The van der Waals surface area contributed by atoms with E-state index in [1.807, 2.05) is 61.5 Å². The lowest BCUT2D eigenvalue weighted by Gasteiger charge is -2.18. The Morgan fingerprint density at radius 1 is 1.12 bits per heavy atom. The summed E-state index contributed by atoms with van der Waals surface area (Å²) in [5, 5.41) is 0. The number of hydrogen-bond acceptors (Lipinski definition) is 4. The average Bonchev–Trinajstić information content (AvgIpc) is 2.90. The molecule has 0 saturated carbocycles. The normalized spacial score (nSPS) is 15.9. The van der Waals surface area contributed by atoms with Crippen molar-refractivity contribution in [1.29, 1.82) is 0 Å². The van der Waals surface area contributed by atoms with Crippen LogP contribution in [0, 0.1) is 0 Å². The Kier molecular flexibility index (Phi) is 5.56. The Labute approximate surface area is 157 Å². The minimum absolute atomic E-state index is 0.0650. The quantitative estimate of drug-likeness (QED) is 0.545. The zero-order chi connectivity index (χ0) is 17.8. The van der Waals surface area contributed by atoms with Crippen LogP contribution in [0.3, 0.4) is 0 Å². The third kappa shape index (κ3) is 3.78. The summed E-state index contributed by atoms with van der Waals surface area (Å²) in [6.07, 6.45) is 2.73. The van der Waals surface area contributed by atoms with Crippen LogP contribution in [0.15, 0.2) is 53.4 Å². The van der Waals surface area contributed by atoms with Gasteiger partial charge in [0, 0.05) is 0 Å². The smallest absolute Gasteiger partial charge is 0.270 e. The van der Waals surface area contributed by atoms with Crippen LogP contribution in [0.1, 0.15) is 25.0 Å². The van der Waals surface area contributed by atoms with E-state index in [-0.39, 0.29) is 5.91 Å². The number of thioether (sulfide) groups is 1. The standard InChI is InChI=1S/C20H19NO2S2/c1-3-15-7-5-6-8-17(15)21-19(22)18(25-20(21)24)13-14-9-11-16(12-10-14)23-4-2/h5-13H,3-4H2,1-2H3/b18-13-. The number of carbonyl (C=O) groups is 1. The topological polar surface area (TPSA) is 29.5 Å². The van der Waals surface area contributed by atoms with Crippen molar-refractivity contribution in [2.75, 3.05) is 11.5 Å². The van der Waals surface area contributed by atoms with Gasteiger partial charge >= 0.3 is 0 Å². The molecule has 0 aliphatic carbocycles. The molecular weight excluding hydrogens is 350 g/mol. The summed E-state index contributed by atoms with van der Waals surface area (Å²) in [7, 11) is 0. The molecule has 1 amide bonds. The summed E-state index contributed by atoms with van der Waals surface area (Å²) < 4.78 is 6.02. The highest BCUT2D eigenvalue weighted by molar-refractivity contribution is 8.27. The first kappa shape index (κ1) is 17.7.